The maximum Gasteiger partial charge on any atom is 0.310 e. The lowest BCUT2D eigenvalue weighted by Gasteiger charge is -2.21. The third-order valence-corrected chi connectivity index (χ3v) is 4.24. The molecule has 1 aliphatic rings. The van der Waals surface area contributed by atoms with Gasteiger partial charge in [-0.05, 0) is 25.3 Å². The van der Waals surface area contributed by atoms with Crippen LogP contribution in [0, 0.1) is 18.8 Å². The maximum absolute atomic E-state index is 11.9. The molecule has 0 aromatic heterocycles. The Kier molecular flexibility index (Phi) is 8.52. The molecule has 5 nitrogen and oxygen atoms in total. The Balaban J connectivity index is 0.00000288. The van der Waals surface area contributed by atoms with E-state index in [4.69, 9.17) is 9.73 Å². The molecule has 2 rings (SSSR count). The monoisotopic (exact) mass is 445 g/mol. The Morgan fingerprint density at radius 2 is 2.17 bits per heavy atom. The van der Waals surface area contributed by atoms with E-state index in [1.165, 1.54) is 18.2 Å². The molecule has 0 radical (unpaired) electrons. The van der Waals surface area contributed by atoms with Gasteiger partial charge in [0.15, 0.2) is 5.96 Å². The molecule has 0 aliphatic carbocycles. The van der Waals surface area contributed by atoms with Gasteiger partial charge in [-0.2, -0.15) is 0 Å². The summed E-state index contributed by atoms with van der Waals surface area (Å²) in [5.74, 6) is 0.926. The highest BCUT2D eigenvalue weighted by molar-refractivity contribution is 14.0. The van der Waals surface area contributed by atoms with Crippen LogP contribution in [0.2, 0.25) is 0 Å². The summed E-state index contributed by atoms with van der Waals surface area (Å²) < 4.78 is 4.91. The van der Waals surface area contributed by atoms with E-state index in [0.717, 1.165) is 19.0 Å². The van der Waals surface area contributed by atoms with Crippen molar-refractivity contribution in [2.45, 2.75) is 27.3 Å². The normalized spacial score (nSPS) is 20.5. The molecule has 1 aromatic rings. The number of guanidine groups is 1. The molecule has 0 spiro atoms. The lowest BCUT2D eigenvalue weighted by atomic mass is 9.99. The molecule has 6 heteroatoms. The first-order chi connectivity index (χ1) is 11.0. The van der Waals surface area contributed by atoms with E-state index in [1.54, 1.807) is 0 Å². The van der Waals surface area contributed by atoms with E-state index in [1.807, 2.05) is 0 Å². The highest BCUT2D eigenvalue weighted by Gasteiger charge is 2.36. The summed E-state index contributed by atoms with van der Waals surface area (Å²) in [6.07, 6.45) is 0. The van der Waals surface area contributed by atoms with Crippen LogP contribution in [0.3, 0.4) is 0 Å². The predicted molar refractivity (Wildman–Crippen MR) is 108 cm³/mol. The van der Waals surface area contributed by atoms with Crippen molar-refractivity contribution in [3.63, 3.8) is 0 Å². The zero-order valence-corrected chi connectivity index (χ0v) is 17.2. The Hall–Kier alpha value is -1.31. The second kappa shape index (κ2) is 9.86. The van der Waals surface area contributed by atoms with Crippen molar-refractivity contribution < 1.29 is 9.53 Å². The summed E-state index contributed by atoms with van der Waals surface area (Å²) in [6.45, 7) is 9.15. The van der Waals surface area contributed by atoms with E-state index < -0.39 is 0 Å². The number of methoxy groups -OCH3 is 1. The van der Waals surface area contributed by atoms with E-state index in [2.05, 4.69) is 55.3 Å². The van der Waals surface area contributed by atoms with Crippen LogP contribution in [0.25, 0.3) is 0 Å². The van der Waals surface area contributed by atoms with Crippen molar-refractivity contribution in [2.75, 3.05) is 26.7 Å². The molecule has 0 saturated carbocycles. The number of hydrogen-bond donors (Lipinski definition) is 1. The smallest absolute Gasteiger partial charge is 0.310 e. The van der Waals surface area contributed by atoms with Gasteiger partial charge in [-0.25, -0.2) is 4.99 Å². The number of ether oxygens (including phenoxy) is 1. The number of hydrogen-bond acceptors (Lipinski definition) is 3. The van der Waals surface area contributed by atoms with Gasteiger partial charge in [0.1, 0.15) is 0 Å². The predicted octanol–water partition coefficient (Wildman–Crippen LogP) is 2.82. The first-order valence-corrected chi connectivity index (χ1v) is 8.21. The van der Waals surface area contributed by atoms with E-state index >= 15 is 0 Å². The average Bonchev–Trinajstić information content (AvgIpc) is 2.92. The van der Waals surface area contributed by atoms with E-state index in [9.17, 15) is 4.79 Å². The van der Waals surface area contributed by atoms with Crippen molar-refractivity contribution in [3.8, 4) is 0 Å². The number of carbonyl (C=O) groups excluding carboxylic acids is 1. The van der Waals surface area contributed by atoms with Gasteiger partial charge in [0, 0.05) is 19.6 Å². The SMILES string of the molecule is CCNC(=NCc1cccc(C)c1)N1CC(C)C(C(=O)OC)C1.I. The van der Waals surface area contributed by atoms with Crippen LogP contribution in [-0.2, 0) is 16.1 Å². The molecule has 2 atom stereocenters. The minimum Gasteiger partial charge on any atom is -0.469 e. The van der Waals surface area contributed by atoms with Crippen LogP contribution in [0.4, 0.5) is 0 Å². The summed E-state index contributed by atoms with van der Waals surface area (Å²) in [5, 5.41) is 3.33. The Morgan fingerprint density at radius 3 is 2.79 bits per heavy atom. The van der Waals surface area contributed by atoms with Crippen LogP contribution in [0.5, 0.6) is 0 Å². The largest absolute Gasteiger partial charge is 0.469 e. The van der Waals surface area contributed by atoms with Gasteiger partial charge in [-0.3, -0.25) is 4.79 Å². The van der Waals surface area contributed by atoms with Gasteiger partial charge >= 0.3 is 5.97 Å². The van der Waals surface area contributed by atoms with Crippen molar-refractivity contribution in [1.82, 2.24) is 10.2 Å². The number of nitrogens with zero attached hydrogens (tertiary/aromatic N) is 2. The van der Waals surface area contributed by atoms with Crippen molar-refractivity contribution in [1.29, 1.82) is 0 Å². The lowest BCUT2D eigenvalue weighted by molar-refractivity contribution is -0.145. The molecule has 24 heavy (non-hydrogen) atoms. The number of aryl methyl sites for hydroxylation is 1. The van der Waals surface area contributed by atoms with E-state index in [0.29, 0.717) is 13.1 Å². The van der Waals surface area contributed by atoms with Gasteiger partial charge < -0.3 is 15.0 Å². The third kappa shape index (κ3) is 5.36. The Bertz CT molecular complexity index is 577. The van der Waals surface area contributed by atoms with Gasteiger partial charge in [0.25, 0.3) is 0 Å². The van der Waals surface area contributed by atoms with Crippen molar-refractivity contribution >= 4 is 35.9 Å². The van der Waals surface area contributed by atoms with Crippen LogP contribution in [0.1, 0.15) is 25.0 Å². The molecular weight excluding hydrogens is 417 g/mol. The van der Waals surface area contributed by atoms with Gasteiger partial charge in [0.2, 0.25) is 0 Å². The molecule has 1 N–H and O–H groups in total. The number of nitrogens with one attached hydrogen (secondary N) is 1. The quantitative estimate of drug-likeness (QED) is 0.335. The second-order valence-electron chi connectivity index (χ2n) is 6.17. The van der Waals surface area contributed by atoms with Crippen LogP contribution >= 0.6 is 24.0 Å². The van der Waals surface area contributed by atoms with Crippen molar-refractivity contribution in [2.24, 2.45) is 16.8 Å². The van der Waals surface area contributed by atoms with Crippen LogP contribution < -0.4 is 5.32 Å². The zero-order valence-electron chi connectivity index (χ0n) is 14.9. The Labute approximate surface area is 161 Å². The van der Waals surface area contributed by atoms with E-state index in [-0.39, 0.29) is 41.8 Å². The lowest BCUT2D eigenvalue weighted by Crippen LogP contribution is -2.40. The molecule has 0 amide bonds. The van der Waals surface area contributed by atoms with Crippen LogP contribution in [0.15, 0.2) is 29.3 Å². The molecule has 1 aromatic carbocycles. The summed E-state index contributed by atoms with van der Waals surface area (Å²) in [7, 11) is 1.45. The first-order valence-electron chi connectivity index (χ1n) is 8.21. The number of likely N-dealkylation sites (tertiary alicyclic amines) is 1. The number of benzene rings is 1. The molecule has 2 unspecified atom stereocenters. The maximum atomic E-state index is 11.9. The zero-order chi connectivity index (χ0) is 16.8. The topological polar surface area (TPSA) is 53.9 Å². The highest BCUT2D eigenvalue weighted by Crippen LogP contribution is 2.24. The number of aliphatic imine (C=N–C) groups is 1. The molecule has 1 fully saturated rings. The summed E-state index contributed by atoms with van der Waals surface area (Å²) >= 11 is 0. The number of carbonyl (C=O) groups is 1. The van der Waals surface area contributed by atoms with Gasteiger partial charge in [0.05, 0.1) is 19.6 Å². The molecule has 1 saturated heterocycles. The number of esters is 1. The minimum absolute atomic E-state index is 0. The molecular formula is C18H28IN3O2. The second-order valence-corrected chi connectivity index (χ2v) is 6.17. The third-order valence-electron chi connectivity index (χ3n) is 4.24. The average molecular weight is 445 g/mol. The molecule has 1 aliphatic heterocycles. The van der Waals surface area contributed by atoms with Gasteiger partial charge in [-0.1, -0.05) is 36.8 Å². The molecule has 1 heterocycles. The van der Waals surface area contributed by atoms with Crippen molar-refractivity contribution in [3.05, 3.63) is 35.4 Å². The summed E-state index contributed by atoms with van der Waals surface area (Å²) in [4.78, 5) is 18.8. The minimum atomic E-state index is -0.130. The molecule has 0 bridgehead atoms. The standard InChI is InChI=1S/C18H27N3O2.HI/c1-5-19-18(20-10-15-8-6-7-13(2)9-15)21-11-14(3)16(12-21)17(22)23-4;/h6-9,14,16H,5,10-12H2,1-4H3,(H,19,20);1H. The highest BCUT2D eigenvalue weighted by atomic mass is 127. The summed E-state index contributed by atoms with van der Waals surface area (Å²) in [6, 6.07) is 8.38. The summed E-state index contributed by atoms with van der Waals surface area (Å²) in [5.41, 5.74) is 2.43. The van der Waals surface area contributed by atoms with Crippen LogP contribution in [-0.4, -0.2) is 43.6 Å². The fourth-order valence-electron chi connectivity index (χ4n) is 3.00. The first kappa shape index (κ1) is 20.7. The van der Waals surface area contributed by atoms with Gasteiger partial charge in [-0.15, -0.1) is 24.0 Å². The number of halogens is 1. The number of rotatable bonds is 4. The fraction of sp³-hybridized carbons (Fsp3) is 0.556. The fourth-order valence-corrected chi connectivity index (χ4v) is 3.00. The molecule has 134 valence electrons. The Morgan fingerprint density at radius 1 is 1.42 bits per heavy atom.